The Kier molecular flexibility index (Phi) is 3.92. The van der Waals surface area contributed by atoms with Gasteiger partial charge in [0.05, 0.1) is 4.90 Å². The van der Waals surface area contributed by atoms with E-state index in [0.29, 0.717) is 6.42 Å². The van der Waals surface area contributed by atoms with Gasteiger partial charge in [-0.1, -0.05) is 36.4 Å². The van der Waals surface area contributed by atoms with Crippen LogP contribution in [0.1, 0.15) is 5.82 Å². The van der Waals surface area contributed by atoms with Gasteiger partial charge in [-0.2, -0.15) is 0 Å². The molecule has 4 nitrogen and oxygen atoms in total. The molecule has 0 aliphatic carbocycles. The molecule has 0 aliphatic rings. The van der Waals surface area contributed by atoms with Crippen LogP contribution in [0.4, 0.5) is 0 Å². The number of nitrogens with zero attached hydrogens (tertiary/aromatic N) is 3. The fourth-order valence-corrected chi connectivity index (χ4v) is 3.55. The third-order valence-electron chi connectivity index (χ3n) is 3.69. The first kappa shape index (κ1) is 14.8. The summed E-state index contributed by atoms with van der Waals surface area (Å²) in [5.74, 6) is 0.867. The SMILES string of the molecule is C=CCc1nnc(Sc2coc3ccccc23)n1-c1ccccc1. The zero-order chi connectivity index (χ0) is 16.4. The zero-order valence-electron chi connectivity index (χ0n) is 12.9. The first-order valence-corrected chi connectivity index (χ1v) is 8.43. The molecule has 0 N–H and O–H groups in total. The molecule has 2 aromatic heterocycles. The molecule has 0 atom stereocenters. The van der Waals surface area contributed by atoms with Crippen LogP contribution >= 0.6 is 11.8 Å². The van der Waals surface area contributed by atoms with Crippen molar-refractivity contribution in [1.29, 1.82) is 0 Å². The minimum absolute atomic E-state index is 0.661. The van der Waals surface area contributed by atoms with Crippen molar-refractivity contribution in [2.45, 2.75) is 16.5 Å². The Labute approximate surface area is 143 Å². The highest BCUT2D eigenvalue weighted by molar-refractivity contribution is 7.99. The molecular weight excluding hydrogens is 318 g/mol. The number of para-hydroxylation sites is 2. The highest BCUT2D eigenvalue weighted by Gasteiger charge is 2.16. The fourth-order valence-electron chi connectivity index (χ4n) is 2.59. The molecule has 118 valence electrons. The minimum atomic E-state index is 0.661. The van der Waals surface area contributed by atoms with Crippen LogP contribution in [-0.4, -0.2) is 14.8 Å². The maximum absolute atomic E-state index is 5.63. The van der Waals surface area contributed by atoms with Crippen molar-refractivity contribution in [3.8, 4) is 5.69 Å². The highest BCUT2D eigenvalue weighted by Crippen LogP contribution is 2.35. The summed E-state index contributed by atoms with van der Waals surface area (Å²) in [6.07, 6.45) is 4.27. The Bertz CT molecular complexity index is 988. The van der Waals surface area contributed by atoms with E-state index < -0.39 is 0 Å². The van der Waals surface area contributed by atoms with Crippen molar-refractivity contribution in [2.75, 3.05) is 0 Å². The van der Waals surface area contributed by atoms with Gasteiger partial charge in [0.2, 0.25) is 5.16 Å². The largest absolute Gasteiger partial charge is 0.463 e. The lowest BCUT2D eigenvalue weighted by atomic mass is 10.3. The predicted molar refractivity (Wildman–Crippen MR) is 95.6 cm³/mol. The maximum Gasteiger partial charge on any atom is 0.200 e. The van der Waals surface area contributed by atoms with E-state index in [-0.39, 0.29) is 0 Å². The van der Waals surface area contributed by atoms with Gasteiger partial charge in [-0.15, -0.1) is 16.8 Å². The van der Waals surface area contributed by atoms with Gasteiger partial charge in [-0.3, -0.25) is 4.57 Å². The molecule has 0 amide bonds. The van der Waals surface area contributed by atoms with E-state index in [2.05, 4.69) is 27.4 Å². The van der Waals surface area contributed by atoms with E-state index >= 15 is 0 Å². The summed E-state index contributed by atoms with van der Waals surface area (Å²) >= 11 is 1.55. The van der Waals surface area contributed by atoms with Gasteiger partial charge < -0.3 is 4.42 Å². The van der Waals surface area contributed by atoms with Crippen molar-refractivity contribution >= 4 is 22.7 Å². The van der Waals surface area contributed by atoms with Crippen LogP contribution in [0.15, 0.2) is 88.0 Å². The van der Waals surface area contributed by atoms with Gasteiger partial charge in [0.1, 0.15) is 17.7 Å². The van der Waals surface area contributed by atoms with Crippen LogP contribution in [0.2, 0.25) is 0 Å². The van der Waals surface area contributed by atoms with Crippen LogP contribution in [0.25, 0.3) is 16.7 Å². The van der Waals surface area contributed by atoms with Gasteiger partial charge in [0.15, 0.2) is 0 Å². The molecule has 0 bridgehead atoms. The summed E-state index contributed by atoms with van der Waals surface area (Å²) in [5.41, 5.74) is 1.91. The summed E-state index contributed by atoms with van der Waals surface area (Å²) < 4.78 is 7.69. The second-order valence-corrected chi connectivity index (χ2v) is 6.27. The van der Waals surface area contributed by atoms with Gasteiger partial charge in [0, 0.05) is 17.5 Å². The lowest BCUT2D eigenvalue weighted by Gasteiger charge is -2.08. The fraction of sp³-hybridized carbons (Fsp3) is 0.0526. The Balaban J connectivity index is 1.79. The van der Waals surface area contributed by atoms with Crippen LogP contribution in [0, 0.1) is 0 Å². The number of benzene rings is 2. The Morgan fingerprint density at radius 1 is 1.04 bits per heavy atom. The normalized spacial score (nSPS) is 11.0. The van der Waals surface area contributed by atoms with Gasteiger partial charge in [0.25, 0.3) is 0 Å². The van der Waals surface area contributed by atoms with Crippen molar-refractivity contribution in [3.05, 3.63) is 79.3 Å². The zero-order valence-corrected chi connectivity index (χ0v) is 13.7. The molecule has 4 rings (SSSR count). The molecule has 0 unspecified atom stereocenters. The third-order valence-corrected chi connectivity index (χ3v) is 4.67. The van der Waals surface area contributed by atoms with E-state index in [4.69, 9.17) is 4.42 Å². The standard InChI is InChI=1S/C19H15N3OS/c1-2-8-18-20-21-19(22(18)14-9-4-3-5-10-14)24-17-13-23-16-12-7-6-11-15(16)17/h2-7,9-13H,1,8H2. The lowest BCUT2D eigenvalue weighted by Crippen LogP contribution is -2.01. The maximum atomic E-state index is 5.63. The lowest BCUT2D eigenvalue weighted by molar-refractivity contribution is 0.608. The molecule has 2 aromatic carbocycles. The van der Waals surface area contributed by atoms with Crippen molar-refractivity contribution in [3.63, 3.8) is 0 Å². The number of furan rings is 1. The van der Waals surface area contributed by atoms with E-state index in [1.54, 1.807) is 18.0 Å². The first-order valence-electron chi connectivity index (χ1n) is 7.61. The van der Waals surface area contributed by atoms with Gasteiger partial charge in [-0.25, -0.2) is 0 Å². The summed E-state index contributed by atoms with van der Waals surface area (Å²) in [6.45, 7) is 3.81. The topological polar surface area (TPSA) is 43.9 Å². The average Bonchev–Trinajstić information content (AvgIpc) is 3.21. The molecule has 4 aromatic rings. The number of hydrogen-bond donors (Lipinski definition) is 0. The second kappa shape index (κ2) is 6.37. The van der Waals surface area contributed by atoms with Gasteiger partial charge >= 0.3 is 0 Å². The van der Waals surface area contributed by atoms with Crippen molar-refractivity contribution in [2.24, 2.45) is 0 Å². The van der Waals surface area contributed by atoms with E-state index in [9.17, 15) is 0 Å². The molecule has 0 spiro atoms. The second-order valence-electron chi connectivity index (χ2n) is 5.26. The van der Waals surface area contributed by atoms with E-state index in [1.807, 2.05) is 54.6 Å². The average molecular weight is 333 g/mol. The molecule has 24 heavy (non-hydrogen) atoms. The van der Waals surface area contributed by atoms with E-state index in [1.165, 1.54) is 0 Å². The molecule has 0 saturated heterocycles. The monoisotopic (exact) mass is 333 g/mol. The van der Waals surface area contributed by atoms with Gasteiger partial charge in [-0.05, 0) is 36.0 Å². The predicted octanol–water partition coefficient (Wildman–Crippen LogP) is 4.89. The summed E-state index contributed by atoms with van der Waals surface area (Å²) in [4.78, 5) is 1.03. The Hall–Kier alpha value is -2.79. The molecule has 5 heteroatoms. The molecule has 2 heterocycles. The summed E-state index contributed by atoms with van der Waals surface area (Å²) in [5, 5.41) is 10.6. The number of aromatic nitrogens is 3. The Morgan fingerprint density at radius 3 is 2.67 bits per heavy atom. The quantitative estimate of drug-likeness (QED) is 0.488. The minimum Gasteiger partial charge on any atom is -0.463 e. The molecule has 0 saturated carbocycles. The number of fused-ring (bicyclic) bond motifs is 1. The first-order chi connectivity index (χ1) is 11.9. The smallest absolute Gasteiger partial charge is 0.200 e. The van der Waals surface area contributed by atoms with E-state index in [0.717, 1.165) is 32.5 Å². The Morgan fingerprint density at radius 2 is 1.83 bits per heavy atom. The molecule has 0 aliphatic heterocycles. The number of hydrogen-bond acceptors (Lipinski definition) is 4. The number of rotatable bonds is 5. The highest BCUT2D eigenvalue weighted by atomic mass is 32.2. The van der Waals surface area contributed by atoms with Crippen molar-refractivity contribution < 1.29 is 4.42 Å². The summed E-state index contributed by atoms with van der Waals surface area (Å²) in [6, 6.07) is 18.1. The van der Waals surface area contributed by atoms with Crippen LogP contribution in [0.5, 0.6) is 0 Å². The molecular formula is C19H15N3OS. The molecule has 0 fully saturated rings. The number of allylic oxidation sites excluding steroid dienone is 1. The summed E-state index contributed by atoms with van der Waals surface area (Å²) in [7, 11) is 0. The van der Waals surface area contributed by atoms with Crippen LogP contribution in [-0.2, 0) is 6.42 Å². The van der Waals surface area contributed by atoms with Crippen LogP contribution < -0.4 is 0 Å². The molecule has 0 radical (unpaired) electrons. The third kappa shape index (κ3) is 2.63. The van der Waals surface area contributed by atoms with Crippen LogP contribution in [0.3, 0.4) is 0 Å². The van der Waals surface area contributed by atoms with Crippen molar-refractivity contribution in [1.82, 2.24) is 14.8 Å².